The average molecular weight is 294 g/mol. The van der Waals surface area contributed by atoms with E-state index in [1.807, 2.05) is 0 Å². The van der Waals surface area contributed by atoms with Gasteiger partial charge >= 0.3 is 0 Å². The van der Waals surface area contributed by atoms with E-state index in [9.17, 15) is 8.42 Å². The summed E-state index contributed by atoms with van der Waals surface area (Å²) in [7, 11) is -2.96. The highest BCUT2D eigenvalue weighted by atomic mass is 32.2. The van der Waals surface area contributed by atoms with Crippen molar-refractivity contribution in [1.29, 1.82) is 0 Å². The minimum Gasteiger partial charge on any atom is -0.330 e. The predicted molar refractivity (Wildman–Crippen MR) is 79.6 cm³/mol. The molecular formula is C12H26N2O2S2. The Morgan fingerprint density at radius 3 is 2.72 bits per heavy atom. The highest BCUT2D eigenvalue weighted by Crippen LogP contribution is 2.22. The van der Waals surface area contributed by atoms with Gasteiger partial charge < -0.3 is 5.73 Å². The lowest BCUT2D eigenvalue weighted by molar-refractivity contribution is 0.247. The van der Waals surface area contributed by atoms with E-state index < -0.39 is 9.84 Å². The van der Waals surface area contributed by atoms with Crippen LogP contribution in [0.2, 0.25) is 0 Å². The molecule has 0 spiro atoms. The molecule has 1 saturated heterocycles. The maximum atomic E-state index is 12.1. The van der Waals surface area contributed by atoms with Crippen molar-refractivity contribution in [2.24, 2.45) is 11.7 Å². The van der Waals surface area contributed by atoms with Crippen molar-refractivity contribution in [1.82, 2.24) is 4.90 Å². The van der Waals surface area contributed by atoms with E-state index in [-0.39, 0.29) is 11.1 Å². The zero-order valence-corrected chi connectivity index (χ0v) is 13.1. The van der Waals surface area contributed by atoms with E-state index in [1.165, 1.54) is 0 Å². The molecule has 2 atom stereocenters. The first-order valence-electron chi connectivity index (χ1n) is 6.78. The van der Waals surface area contributed by atoms with Gasteiger partial charge in [0.05, 0.1) is 0 Å². The minimum absolute atomic E-state index is 0.239. The van der Waals surface area contributed by atoms with Crippen LogP contribution in [-0.4, -0.2) is 55.6 Å². The van der Waals surface area contributed by atoms with Gasteiger partial charge in [0.25, 0.3) is 0 Å². The molecule has 0 aliphatic carbocycles. The van der Waals surface area contributed by atoms with Crippen LogP contribution in [-0.2, 0) is 9.84 Å². The third-order valence-corrected chi connectivity index (χ3v) is 7.07. The van der Waals surface area contributed by atoms with Crippen molar-refractivity contribution in [2.75, 3.05) is 36.9 Å². The summed E-state index contributed by atoms with van der Waals surface area (Å²) >= 11 is 1.75. The van der Waals surface area contributed by atoms with Crippen LogP contribution in [0.15, 0.2) is 0 Å². The van der Waals surface area contributed by atoms with Gasteiger partial charge in [-0.05, 0) is 25.4 Å². The summed E-state index contributed by atoms with van der Waals surface area (Å²) in [5.41, 5.74) is 5.70. The van der Waals surface area contributed by atoms with Crippen LogP contribution in [0.1, 0.15) is 26.7 Å². The molecule has 2 N–H and O–H groups in total. The Hall–Kier alpha value is 0.220. The predicted octanol–water partition coefficient (Wildman–Crippen LogP) is 1.17. The Balaban J connectivity index is 2.60. The topological polar surface area (TPSA) is 63.4 Å². The van der Waals surface area contributed by atoms with Crippen molar-refractivity contribution >= 4 is 21.6 Å². The zero-order valence-electron chi connectivity index (χ0n) is 11.5. The molecule has 1 rings (SSSR count). The normalized spacial score (nSPS) is 24.1. The number of sulfone groups is 1. The van der Waals surface area contributed by atoms with Crippen LogP contribution in [0.25, 0.3) is 0 Å². The van der Waals surface area contributed by atoms with Gasteiger partial charge in [-0.3, -0.25) is 4.90 Å². The molecule has 18 heavy (non-hydrogen) atoms. The van der Waals surface area contributed by atoms with Gasteiger partial charge in [-0.1, -0.05) is 20.3 Å². The maximum Gasteiger partial charge on any atom is 0.166 e. The Morgan fingerprint density at radius 2 is 2.17 bits per heavy atom. The second-order valence-corrected chi connectivity index (χ2v) is 8.41. The van der Waals surface area contributed by atoms with Crippen molar-refractivity contribution in [3.05, 3.63) is 0 Å². The van der Waals surface area contributed by atoms with Crippen LogP contribution in [0, 0.1) is 5.92 Å². The van der Waals surface area contributed by atoms with Gasteiger partial charge in [-0.25, -0.2) is 8.42 Å². The second kappa shape index (κ2) is 7.72. The molecule has 0 aromatic rings. The second-order valence-electron chi connectivity index (χ2n) is 4.82. The molecule has 0 amide bonds. The highest BCUT2D eigenvalue weighted by molar-refractivity contribution is 8.01. The number of nitrogens with zero attached hydrogens (tertiary/aromatic N) is 1. The number of hydrogen-bond acceptors (Lipinski definition) is 5. The van der Waals surface area contributed by atoms with Crippen LogP contribution in [0.3, 0.4) is 0 Å². The van der Waals surface area contributed by atoms with Crippen LogP contribution < -0.4 is 5.73 Å². The molecule has 2 unspecified atom stereocenters. The summed E-state index contributed by atoms with van der Waals surface area (Å²) in [5, 5.41) is -0.281. The summed E-state index contributed by atoms with van der Waals surface area (Å²) < 4.78 is 24.1. The summed E-state index contributed by atoms with van der Waals surface area (Å²) in [6.45, 7) is 6.32. The van der Waals surface area contributed by atoms with Gasteiger partial charge in [0.2, 0.25) is 0 Å². The average Bonchev–Trinajstić information content (AvgIpc) is 2.40. The lowest BCUT2D eigenvalue weighted by Gasteiger charge is -2.35. The molecule has 1 aliphatic heterocycles. The fourth-order valence-electron chi connectivity index (χ4n) is 2.23. The molecule has 0 radical (unpaired) electrons. The summed E-state index contributed by atoms with van der Waals surface area (Å²) in [4.78, 5) is 2.15. The first-order valence-corrected chi connectivity index (χ1v) is 9.65. The monoisotopic (exact) mass is 294 g/mol. The number of hydrogen-bond donors (Lipinski definition) is 1. The van der Waals surface area contributed by atoms with Crippen LogP contribution >= 0.6 is 11.8 Å². The molecule has 6 heteroatoms. The maximum absolute atomic E-state index is 12.1. The van der Waals surface area contributed by atoms with Crippen molar-refractivity contribution in [2.45, 2.75) is 32.1 Å². The SMILES string of the molecule is CCC(CN)CCN1CCSCC1S(=O)(=O)CC. The summed E-state index contributed by atoms with van der Waals surface area (Å²) in [6, 6.07) is 0. The molecule has 1 fully saturated rings. The van der Waals surface area contributed by atoms with Crippen molar-refractivity contribution in [3.8, 4) is 0 Å². The largest absolute Gasteiger partial charge is 0.330 e. The Labute approximate surface area is 116 Å². The lowest BCUT2D eigenvalue weighted by atomic mass is 10.0. The first kappa shape index (κ1) is 16.3. The van der Waals surface area contributed by atoms with E-state index >= 15 is 0 Å². The minimum atomic E-state index is -2.96. The Kier molecular flexibility index (Phi) is 6.98. The first-order chi connectivity index (χ1) is 8.55. The van der Waals surface area contributed by atoms with Crippen LogP contribution in [0.5, 0.6) is 0 Å². The summed E-state index contributed by atoms with van der Waals surface area (Å²) in [5.74, 6) is 2.51. The molecule has 0 aromatic heterocycles. The fraction of sp³-hybridized carbons (Fsp3) is 1.00. The Morgan fingerprint density at radius 1 is 1.44 bits per heavy atom. The summed E-state index contributed by atoms with van der Waals surface area (Å²) in [6.07, 6.45) is 2.08. The van der Waals surface area contributed by atoms with Gasteiger partial charge in [-0.2, -0.15) is 11.8 Å². The number of rotatable bonds is 7. The van der Waals surface area contributed by atoms with E-state index in [1.54, 1.807) is 18.7 Å². The smallest absolute Gasteiger partial charge is 0.166 e. The highest BCUT2D eigenvalue weighted by Gasteiger charge is 2.32. The molecule has 4 nitrogen and oxygen atoms in total. The molecular weight excluding hydrogens is 268 g/mol. The Bertz CT molecular complexity index is 329. The van der Waals surface area contributed by atoms with Crippen molar-refractivity contribution in [3.63, 3.8) is 0 Å². The van der Waals surface area contributed by atoms with Gasteiger partial charge in [0.15, 0.2) is 9.84 Å². The molecule has 0 aromatic carbocycles. The quantitative estimate of drug-likeness (QED) is 0.763. The fourth-order valence-corrected chi connectivity index (χ4v) is 5.34. The number of nitrogens with two attached hydrogens (primary N) is 1. The van der Waals surface area contributed by atoms with Gasteiger partial charge in [0, 0.05) is 23.8 Å². The zero-order chi connectivity index (χ0) is 13.6. The van der Waals surface area contributed by atoms with E-state index in [2.05, 4.69) is 11.8 Å². The molecule has 0 saturated carbocycles. The molecule has 108 valence electrons. The third kappa shape index (κ3) is 4.40. The molecule has 1 heterocycles. The standard InChI is InChI=1S/C12H26N2O2S2/c1-3-11(9-13)5-6-14-7-8-17-10-12(14)18(15,16)4-2/h11-12H,3-10,13H2,1-2H3. The lowest BCUT2D eigenvalue weighted by Crippen LogP contribution is -2.48. The van der Waals surface area contributed by atoms with Crippen molar-refractivity contribution < 1.29 is 8.42 Å². The van der Waals surface area contributed by atoms with Crippen LogP contribution in [0.4, 0.5) is 0 Å². The van der Waals surface area contributed by atoms with Gasteiger partial charge in [-0.15, -0.1) is 0 Å². The molecule has 0 bridgehead atoms. The van der Waals surface area contributed by atoms with E-state index in [0.717, 1.165) is 37.4 Å². The van der Waals surface area contributed by atoms with E-state index in [0.29, 0.717) is 12.5 Å². The van der Waals surface area contributed by atoms with E-state index in [4.69, 9.17) is 5.73 Å². The van der Waals surface area contributed by atoms with Gasteiger partial charge in [0.1, 0.15) is 5.37 Å². The third-order valence-electron chi connectivity index (χ3n) is 3.74. The molecule has 1 aliphatic rings. The number of thioether (sulfide) groups is 1.